The molecule has 59 heavy (non-hydrogen) atoms. The third-order valence-corrected chi connectivity index (χ3v) is 13.0. The molecule has 0 bridgehead atoms. The van der Waals surface area contributed by atoms with Gasteiger partial charge >= 0.3 is 0 Å². The molecule has 0 unspecified atom stereocenters. The smallest absolute Gasteiger partial charge is 0.160 e. The summed E-state index contributed by atoms with van der Waals surface area (Å²) in [6.07, 6.45) is 0.758. The van der Waals surface area contributed by atoms with Gasteiger partial charge in [0.25, 0.3) is 0 Å². The molecule has 12 rings (SSSR count). The molecule has 12 aromatic rings. The third-order valence-electron chi connectivity index (χ3n) is 11.8. The van der Waals surface area contributed by atoms with E-state index in [1.165, 1.54) is 42.0 Å². The van der Waals surface area contributed by atoms with Crippen molar-refractivity contribution in [2.75, 3.05) is 0 Å². The molecule has 4 nitrogen and oxygen atoms in total. The maximum Gasteiger partial charge on any atom is 0.160 e. The van der Waals surface area contributed by atoms with Gasteiger partial charge in [0.05, 0.1) is 22.4 Å². The van der Waals surface area contributed by atoms with Crippen LogP contribution in [0.3, 0.4) is 0 Å². The van der Waals surface area contributed by atoms with Crippen LogP contribution in [-0.4, -0.2) is 14.5 Å². The van der Waals surface area contributed by atoms with Crippen LogP contribution in [-0.2, 0) is 6.42 Å². The molecule has 0 radical (unpaired) electrons. The number of hydrogen-bond acceptors (Lipinski definition) is 4. The van der Waals surface area contributed by atoms with E-state index in [9.17, 15) is 0 Å². The second-order valence-corrected chi connectivity index (χ2v) is 16.2. The Balaban J connectivity index is 1.09. The number of thiophene rings is 1. The summed E-state index contributed by atoms with van der Waals surface area (Å²) in [4.78, 5) is 10.9. The van der Waals surface area contributed by atoms with Gasteiger partial charge in [-0.15, -0.1) is 11.3 Å². The van der Waals surface area contributed by atoms with Gasteiger partial charge in [-0.05, 0) is 66.1 Å². The summed E-state index contributed by atoms with van der Waals surface area (Å²) in [7, 11) is 0. The Kier molecular flexibility index (Phi) is 7.65. The summed E-state index contributed by atoms with van der Waals surface area (Å²) in [5, 5.41) is 7.13. The van der Waals surface area contributed by atoms with Crippen molar-refractivity contribution >= 4 is 75.3 Å². The van der Waals surface area contributed by atoms with Gasteiger partial charge in [-0.3, -0.25) is 0 Å². The number of aromatic nitrogens is 3. The van der Waals surface area contributed by atoms with Crippen LogP contribution in [0.2, 0.25) is 0 Å². The van der Waals surface area contributed by atoms with Crippen molar-refractivity contribution in [1.82, 2.24) is 14.5 Å². The Hall–Kier alpha value is -7.34. The SMILES string of the molecule is CCc1c(-c2cccc3c2sc2ccccc23)nc(-c2ccccc2)nc1-c1cccc2oc3ccc(-c4ccc5c6ccccc6n(-c6ccccc6)c5c4)cc3c12. The lowest BCUT2D eigenvalue weighted by atomic mass is 9.94. The molecular formula is C54H35N3OS. The molecule has 0 N–H and O–H groups in total. The summed E-state index contributed by atoms with van der Waals surface area (Å²) < 4.78 is 11.5. The number of rotatable bonds is 6. The minimum Gasteiger partial charge on any atom is -0.456 e. The first-order chi connectivity index (χ1) is 29.2. The average molecular weight is 774 g/mol. The van der Waals surface area contributed by atoms with Crippen molar-refractivity contribution < 1.29 is 4.42 Å². The Morgan fingerprint density at radius 3 is 2.00 bits per heavy atom. The van der Waals surface area contributed by atoms with Gasteiger partial charge in [-0.1, -0.05) is 140 Å². The summed E-state index contributed by atoms with van der Waals surface area (Å²) in [5.41, 5.74) is 13.7. The molecular weight excluding hydrogens is 739 g/mol. The summed E-state index contributed by atoms with van der Waals surface area (Å²) in [5.74, 6) is 0.707. The van der Waals surface area contributed by atoms with Gasteiger partial charge in [0, 0.05) is 69.7 Å². The zero-order valence-electron chi connectivity index (χ0n) is 32.2. The standard InChI is InChI=1S/C54H35N3OS/c1-2-37-51(55-54(33-15-5-3-6-16-33)56-52(37)43-23-13-21-41-40-20-10-12-26-49(40)59-53(41)43)42-22-14-25-48-50(42)44-31-34(28-30-47(44)58-48)35-27-29-39-38-19-9-11-24-45(38)57(46(39)32-35)36-17-7-4-8-18-36/h3-32H,2H2,1H3. The van der Waals surface area contributed by atoms with Crippen LogP contribution in [0, 0.1) is 0 Å². The monoisotopic (exact) mass is 773 g/mol. The molecule has 4 aromatic heterocycles. The average Bonchev–Trinajstić information content (AvgIpc) is 3.98. The first-order valence-electron chi connectivity index (χ1n) is 20.1. The minimum atomic E-state index is 0.707. The predicted molar refractivity (Wildman–Crippen MR) is 248 cm³/mol. The molecule has 0 amide bonds. The van der Waals surface area contributed by atoms with E-state index < -0.39 is 0 Å². The highest BCUT2D eigenvalue weighted by molar-refractivity contribution is 7.26. The van der Waals surface area contributed by atoms with Gasteiger partial charge in [0.1, 0.15) is 11.2 Å². The summed E-state index contributed by atoms with van der Waals surface area (Å²) >= 11 is 1.84. The Bertz CT molecular complexity index is 3600. The topological polar surface area (TPSA) is 43.9 Å². The summed E-state index contributed by atoms with van der Waals surface area (Å²) in [6.45, 7) is 2.22. The van der Waals surface area contributed by atoms with Crippen molar-refractivity contribution in [2.45, 2.75) is 13.3 Å². The van der Waals surface area contributed by atoms with E-state index in [0.717, 1.165) is 78.8 Å². The van der Waals surface area contributed by atoms with Crippen molar-refractivity contribution in [3.8, 4) is 50.7 Å². The number of furan rings is 1. The van der Waals surface area contributed by atoms with E-state index in [0.29, 0.717) is 5.82 Å². The van der Waals surface area contributed by atoms with Crippen molar-refractivity contribution in [3.05, 3.63) is 188 Å². The lowest BCUT2D eigenvalue weighted by Crippen LogP contribution is -2.03. The second kappa shape index (κ2) is 13.4. The van der Waals surface area contributed by atoms with Crippen LogP contribution >= 0.6 is 11.3 Å². The molecule has 0 saturated carbocycles. The van der Waals surface area contributed by atoms with Gasteiger partial charge in [-0.25, -0.2) is 9.97 Å². The zero-order chi connectivity index (χ0) is 39.0. The van der Waals surface area contributed by atoms with Gasteiger partial charge in [0.15, 0.2) is 5.82 Å². The normalized spacial score (nSPS) is 11.9. The lowest BCUT2D eigenvalue weighted by Gasteiger charge is -2.16. The minimum absolute atomic E-state index is 0.707. The molecule has 4 heterocycles. The molecule has 278 valence electrons. The van der Waals surface area contributed by atoms with Crippen LogP contribution < -0.4 is 0 Å². The first kappa shape index (κ1) is 33.8. The number of nitrogens with zero attached hydrogens (tertiary/aromatic N) is 3. The fourth-order valence-electron chi connectivity index (χ4n) is 9.12. The quantitative estimate of drug-likeness (QED) is 0.169. The van der Waals surface area contributed by atoms with Crippen LogP contribution in [0.1, 0.15) is 12.5 Å². The molecule has 0 spiro atoms. The molecule has 8 aromatic carbocycles. The number of fused-ring (bicyclic) bond motifs is 9. The number of para-hydroxylation sites is 2. The first-order valence-corrected chi connectivity index (χ1v) is 20.9. The Labute approximate surface area is 344 Å². The summed E-state index contributed by atoms with van der Waals surface area (Å²) in [6, 6.07) is 64.8. The fourth-order valence-corrected chi connectivity index (χ4v) is 10.3. The molecule has 0 saturated heterocycles. The zero-order valence-corrected chi connectivity index (χ0v) is 33.0. The van der Waals surface area contributed by atoms with E-state index in [-0.39, 0.29) is 0 Å². The predicted octanol–water partition coefficient (Wildman–Crippen LogP) is 15.1. The van der Waals surface area contributed by atoms with Gasteiger partial charge < -0.3 is 8.98 Å². The van der Waals surface area contributed by atoms with E-state index in [1.54, 1.807) is 0 Å². The molecule has 0 aliphatic heterocycles. The highest BCUT2D eigenvalue weighted by Crippen LogP contribution is 2.45. The maximum atomic E-state index is 6.64. The van der Waals surface area contributed by atoms with E-state index in [2.05, 4.69) is 187 Å². The van der Waals surface area contributed by atoms with E-state index >= 15 is 0 Å². The molecule has 5 heteroatoms. The Morgan fingerprint density at radius 1 is 0.492 bits per heavy atom. The van der Waals surface area contributed by atoms with Crippen molar-refractivity contribution in [3.63, 3.8) is 0 Å². The largest absolute Gasteiger partial charge is 0.456 e. The van der Waals surface area contributed by atoms with Gasteiger partial charge in [-0.2, -0.15) is 0 Å². The number of benzene rings is 8. The molecule has 0 aliphatic rings. The van der Waals surface area contributed by atoms with Crippen molar-refractivity contribution in [1.29, 1.82) is 0 Å². The molecule has 0 fully saturated rings. The molecule has 0 atom stereocenters. The number of hydrogen-bond donors (Lipinski definition) is 0. The highest BCUT2D eigenvalue weighted by Gasteiger charge is 2.23. The maximum absolute atomic E-state index is 6.64. The van der Waals surface area contributed by atoms with Crippen LogP contribution in [0.4, 0.5) is 0 Å². The second-order valence-electron chi connectivity index (χ2n) is 15.1. The van der Waals surface area contributed by atoms with Crippen LogP contribution in [0.5, 0.6) is 0 Å². The van der Waals surface area contributed by atoms with E-state index in [1.807, 2.05) is 17.4 Å². The Morgan fingerprint density at radius 2 is 1.15 bits per heavy atom. The lowest BCUT2D eigenvalue weighted by molar-refractivity contribution is 0.669. The van der Waals surface area contributed by atoms with Crippen LogP contribution in [0.15, 0.2) is 186 Å². The third kappa shape index (κ3) is 5.28. The fraction of sp³-hybridized carbons (Fsp3) is 0.0370. The highest BCUT2D eigenvalue weighted by atomic mass is 32.1. The van der Waals surface area contributed by atoms with Crippen molar-refractivity contribution in [2.24, 2.45) is 0 Å². The molecule has 0 aliphatic carbocycles. The van der Waals surface area contributed by atoms with Gasteiger partial charge in [0.2, 0.25) is 0 Å². The van der Waals surface area contributed by atoms with E-state index in [4.69, 9.17) is 14.4 Å². The van der Waals surface area contributed by atoms with Crippen LogP contribution in [0.25, 0.3) is 115 Å².